The zero-order valence-corrected chi connectivity index (χ0v) is 16.5. The number of carbonyl (C=O) groups is 2. The molecule has 0 saturated heterocycles. The van der Waals surface area contributed by atoms with Gasteiger partial charge in [-0.25, -0.2) is 0 Å². The van der Waals surface area contributed by atoms with E-state index < -0.39 is 0 Å². The predicted molar refractivity (Wildman–Crippen MR) is 112 cm³/mol. The van der Waals surface area contributed by atoms with Gasteiger partial charge < -0.3 is 19.8 Å². The molecular weight excluding hydrogens is 368 g/mol. The largest absolute Gasteiger partial charge is 0.497 e. The standard InChI is InChI=1S/C23H24N2O4/c1-16(21-15-18-5-3-4-6-20(18)29-21)25-23(27)13-14-24-22(26)12-9-17-7-10-19(28-2)11-8-17/h3-12,15-16H,13-14H2,1-2H3,(H,24,26)(H,25,27)/b12-9+/t16-/m0/s1. The zero-order chi connectivity index (χ0) is 20.6. The molecule has 1 heterocycles. The van der Waals surface area contributed by atoms with Gasteiger partial charge in [-0.1, -0.05) is 30.3 Å². The zero-order valence-electron chi connectivity index (χ0n) is 16.5. The maximum Gasteiger partial charge on any atom is 0.244 e. The smallest absolute Gasteiger partial charge is 0.244 e. The van der Waals surface area contributed by atoms with Gasteiger partial charge in [0, 0.05) is 24.4 Å². The Morgan fingerprint density at radius 3 is 2.62 bits per heavy atom. The van der Waals surface area contributed by atoms with Crippen molar-refractivity contribution in [2.75, 3.05) is 13.7 Å². The third-order valence-corrected chi connectivity index (χ3v) is 4.44. The molecule has 0 bridgehead atoms. The highest BCUT2D eigenvalue weighted by Crippen LogP contribution is 2.23. The first-order chi connectivity index (χ1) is 14.0. The van der Waals surface area contributed by atoms with Crippen LogP contribution in [0.3, 0.4) is 0 Å². The molecule has 1 aromatic heterocycles. The van der Waals surface area contributed by atoms with Crippen molar-refractivity contribution in [3.8, 4) is 5.75 Å². The highest BCUT2D eigenvalue weighted by atomic mass is 16.5. The minimum Gasteiger partial charge on any atom is -0.497 e. The molecule has 6 heteroatoms. The summed E-state index contributed by atoms with van der Waals surface area (Å²) in [7, 11) is 1.60. The Bertz CT molecular complexity index is 972. The van der Waals surface area contributed by atoms with Gasteiger partial charge in [0.05, 0.1) is 13.2 Å². The Kier molecular flexibility index (Phi) is 6.68. The van der Waals surface area contributed by atoms with Gasteiger partial charge in [-0.05, 0) is 42.8 Å². The van der Waals surface area contributed by atoms with Crippen molar-refractivity contribution in [1.82, 2.24) is 10.6 Å². The molecule has 2 aromatic carbocycles. The number of furan rings is 1. The fourth-order valence-electron chi connectivity index (χ4n) is 2.85. The van der Waals surface area contributed by atoms with Crippen LogP contribution < -0.4 is 15.4 Å². The summed E-state index contributed by atoms with van der Waals surface area (Å²) in [5, 5.41) is 6.59. The first-order valence-electron chi connectivity index (χ1n) is 9.43. The molecule has 0 unspecified atom stereocenters. The Labute approximate surface area is 169 Å². The average molecular weight is 392 g/mol. The minimum atomic E-state index is -0.251. The van der Waals surface area contributed by atoms with Gasteiger partial charge in [-0.3, -0.25) is 9.59 Å². The summed E-state index contributed by atoms with van der Waals surface area (Å²) in [4.78, 5) is 24.0. The Hall–Kier alpha value is -3.54. The van der Waals surface area contributed by atoms with E-state index in [0.717, 1.165) is 22.3 Å². The first kappa shape index (κ1) is 20.2. The Balaban J connectivity index is 1.41. The number of nitrogens with one attached hydrogen (secondary N) is 2. The monoisotopic (exact) mass is 392 g/mol. The predicted octanol–water partition coefficient (Wildman–Crippen LogP) is 3.84. The van der Waals surface area contributed by atoms with Crippen LogP contribution >= 0.6 is 0 Å². The minimum absolute atomic E-state index is 0.155. The van der Waals surface area contributed by atoms with E-state index in [4.69, 9.17) is 9.15 Å². The molecule has 0 aliphatic rings. The molecule has 6 nitrogen and oxygen atoms in total. The molecule has 1 atom stereocenters. The van der Waals surface area contributed by atoms with E-state index >= 15 is 0 Å². The second-order valence-electron chi connectivity index (χ2n) is 6.62. The third-order valence-electron chi connectivity index (χ3n) is 4.44. The Morgan fingerprint density at radius 1 is 1.14 bits per heavy atom. The topological polar surface area (TPSA) is 80.6 Å². The molecule has 3 rings (SSSR count). The second kappa shape index (κ2) is 9.59. The van der Waals surface area contributed by atoms with Crippen LogP contribution in [0.5, 0.6) is 5.75 Å². The average Bonchev–Trinajstić information content (AvgIpc) is 3.17. The van der Waals surface area contributed by atoms with Crippen molar-refractivity contribution in [3.05, 3.63) is 72.0 Å². The summed E-state index contributed by atoms with van der Waals surface area (Å²) < 4.78 is 10.9. The summed E-state index contributed by atoms with van der Waals surface area (Å²) in [6.07, 6.45) is 3.34. The number of fused-ring (bicyclic) bond motifs is 1. The summed E-state index contributed by atoms with van der Waals surface area (Å²) >= 11 is 0. The van der Waals surface area contributed by atoms with Crippen LogP contribution in [0.15, 0.2) is 65.1 Å². The van der Waals surface area contributed by atoms with Crippen molar-refractivity contribution in [3.63, 3.8) is 0 Å². The number of benzene rings is 2. The van der Waals surface area contributed by atoms with Crippen molar-refractivity contribution >= 4 is 28.9 Å². The summed E-state index contributed by atoms with van der Waals surface area (Å²) in [6, 6.07) is 16.7. The van der Waals surface area contributed by atoms with Crippen LogP contribution in [0.1, 0.15) is 30.7 Å². The fraction of sp³-hybridized carbons (Fsp3) is 0.217. The second-order valence-corrected chi connectivity index (χ2v) is 6.62. The van der Waals surface area contributed by atoms with E-state index in [1.54, 1.807) is 13.2 Å². The SMILES string of the molecule is COc1ccc(/C=C/C(=O)NCCC(=O)N[C@@H](C)c2cc3ccccc3o2)cc1. The maximum atomic E-state index is 12.1. The lowest BCUT2D eigenvalue weighted by Crippen LogP contribution is -2.31. The number of para-hydroxylation sites is 1. The van der Waals surface area contributed by atoms with E-state index in [0.29, 0.717) is 5.76 Å². The van der Waals surface area contributed by atoms with Gasteiger partial charge in [0.1, 0.15) is 17.1 Å². The number of rotatable bonds is 8. The van der Waals surface area contributed by atoms with Gasteiger partial charge in [0.15, 0.2) is 0 Å². The maximum absolute atomic E-state index is 12.1. The normalized spacial score (nSPS) is 12.1. The van der Waals surface area contributed by atoms with E-state index in [1.807, 2.05) is 61.5 Å². The molecular formula is C23H24N2O4. The van der Waals surface area contributed by atoms with Crippen LogP contribution in [0, 0.1) is 0 Å². The number of amides is 2. The van der Waals surface area contributed by atoms with Crippen LogP contribution in [-0.4, -0.2) is 25.5 Å². The molecule has 0 radical (unpaired) electrons. The van der Waals surface area contributed by atoms with E-state index in [1.165, 1.54) is 6.08 Å². The van der Waals surface area contributed by atoms with Gasteiger partial charge in [0.25, 0.3) is 0 Å². The number of ether oxygens (including phenoxy) is 1. The summed E-state index contributed by atoms with van der Waals surface area (Å²) in [6.45, 7) is 2.12. The quantitative estimate of drug-likeness (QED) is 0.571. The molecule has 0 saturated carbocycles. The summed E-state index contributed by atoms with van der Waals surface area (Å²) in [5.41, 5.74) is 1.68. The lowest BCUT2D eigenvalue weighted by molar-refractivity contribution is -0.122. The molecule has 2 amide bonds. The van der Waals surface area contributed by atoms with Crippen molar-refractivity contribution in [2.45, 2.75) is 19.4 Å². The number of carbonyl (C=O) groups excluding carboxylic acids is 2. The number of methoxy groups -OCH3 is 1. The first-order valence-corrected chi connectivity index (χ1v) is 9.43. The molecule has 29 heavy (non-hydrogen) atoms. The number of hydrogen-bond acceptors (Lipinski definition) is 4. The third kappa shape index (κ3) is 5.72. The highest BCUT2D eigenvalue weighted by Gasteiger charge is 2.14. The highest BCUT2D eigenvalue weighted by molar-refractivity contribution is 5.92. The lowest BCUT2D eigenvalue weighted by atomic mass is 10.2. The van der Waals surface area contributed by atoms with Crippen LogP contribution in [-0.2, 0) is 9.59 Å². The van der Waals surface area contributed by atoms with Crippen molar-refractivity contribution < 1.29 is 18.7 Å². The van der Waals surface area contributed by atoms with Gasteiger partial charge in [-0.2, -0.15) is 0 Å². The molecule has 0 fully saturated rings. The van der Waals surface area contributed by atoms with E-state index in [9.17, 15) is 9.59 Å². The molecule has 0 aliphatic heterocycles. The van der Waals surface area contributed by atoms with Crippen LogP contribution in [0.2, 0.25) is 0 Å². The summed E-state index contributed by atoms with van der Waals surface area (Å²) in [5.74, 6) is 1.05. The van der Waals surface area contributed by atoms with Gasteiger partial charge >= 0.3 is 0 Å². The molecule has 0 spiro atoms. The van der Waals surface area contributed by atoms with Crippen molar-refractivity contribution in [2.24, 2.45) is 0 Å². The fourth-order valence-corrected chi connectivity index (χ4v) is 2.85. The van der Waals surface area contributed by atoms with Crippen LogP contribution in [0.4, 0.5) is 0 Å². The van der Waals surface area contributed by atoms with Crippen molar-refractivity contribution in [1.29, 1.82) is 0 Å². The van der Waals surface area contributed by atoms with Gasteiger partial charge in [-0.15, -0.1) is 0 Å². The lowest BCUT2D eigenvalue weighted by Gasteiger charge is -2.11. The van der Waals surface area contributed by atoms with E-state index in [2.05, 4.69) is 10.6 Å². The molecule has 3 aromatic rings. The molecule has 0 aliphatic carbocycles. The molecule has 2 N–H and O–H groups in total. The van der Waals surface area contributed by atoms with Crippen LogP contribution in [0.25, 0.3) is 17.0 Å². The molecule has 150 valence electrons. The Morgan fingerprint density at radius 2 is 1.90 bits per heavy atom. The van der Waals surface area contributed by atoms with E-state index in [-0.39, 0.29) is 30.8 Å². The number of hydrogen-bond donors (Lipinski definition) is 2. The van der Waals surface area contributed by atoms with Gasteiger partial charge in [0.2, 0.25) is 11.8 Å².